The Morgan fingerprint density at radius 3 is 0.964 bits per heavy atom. The van der Waals surface area contributed by atoms with Crippen molar-refractivity contribution < 1.29 is 65.6 Å². The van der Waals surface area contributed by atoms with Crippen molar-refractivity contribution in [2.45, 2.75) is 326 Å². The number of nitrogens with two attached hydrogens (primary N) is 5. The van der Waals surface area contributed by atoms with E-state index < -0.39 is 41.0 Å². The minimum atomic E-state index is -1.76. The number of aryl methyl sites for hydroxylation is 8. The number of halogens is 6. The monoisotopic (exact) mass is 2180 g/mol. The zero-order chi connectivity index (χ0) is 98.5. The summed E-state index contributed by atoms with van der Waals surface area (Å²) >= 11 is 4.74. The van der Waals surface area contributed by atoms with Crippen LogP contribution < -0.4 is 44.0 Å². The summed E-state index contributed by atoms with van der Waals surface area (Å²) in [6, 6.07) is 32.3. The molecule has 0 aliphatic rings. The van der Waals surface area contributed by atoms with Gasteiger partial charge < -0.3 is 67.4 Å². The van der Waals surface area contributed by atoms with Crippen LogP contribution in [-0.2, 0) is 90.1 Å². The molecule has 13 aromatic rings. The average Bonchev–Trinajstić information content (AvgIpc) is 1.63. The Labute approximate surface area is 844 Å². The quantitative estimate of drug-likeness (QED) is 0.00438. The van der Waals surface area contributed by atoms with E-state index in [1.54, 1.807) is 0 Å². The Balaban J connectivity index is 0.000000253. The van der Waals surface area contributed by atoms with Gasteiger partial charge in [-0.05, 0) is 153 Å². The van der Waals surface area contributed by atoms with Crippen molar-refractivity contribution in [1.29, 1.82) is 0 Å². The Morgan fingerprint density at radius 2 is 0.655 bits per heavy atom. The van der Waals surface area contributed by atoms with Gasteiger partial charge in [0.15, 0.2) is 34.9 Å². The van der Waals surface area contributed by atoms with Crippen LogP contribution in [0.3, 0.4) is 0 Å². The standard InChI is InChI=1S/C32H36F4N4O3.C27H40N6O2.C26H36N4O3.C18H25N5.2CH4.2HI.V/c1-2-3-16-25-39-29-30(21-14-9-10-15-24(21)38-32(29)37)40(25)18-11-5-7-13-20(41)12-6-4-8-17-26(42)43-31-27(35)22(33)19-23(34)28(31)36;1-3-5-15-22-32-25-26(20-13-9-10-14-21(20)31-27(25)28)33(22)19-12-11-18-30-24(35)17-8-6-7-16-23(34)29-4-2;1-2-3-16-22-29-24-25(20-14-9-10-15-21(20)28-26(24)27)30(22)18-11-5-7-13-19(31)12-6-4-8-17-23(32)33;1-2-3-10-15-22-16-17(23(15)12-7-6-11-19)13-8-4-5-9-14(13)21-18(16)20;;;;;/h9-10,14-15,19H,2-8,11-13,16-18H2,1H3,(H2,37,38);9-10,13-14H,3-8,11-12,15-19H2,1-2H3,(H2,28,31)(H,29,34)(H,30,35);9-10,14-15H,2-8,11-13,16-18H2,1H3,(H2,27,28)(H,32,33);4-5,8-9H,2-3,6-7,10-12,19H2,1H3,(H2,20,21);2*1H4;2*1H;/q;;;;;;;;+2/p-2. The van der Waals surface area contributed by atoms with Crippen LogP contribution in [-0.4, -0.2) is 118 Å². The number of hydrogen-bond donors (Lipinski definition) is 8. The summed E-state index contributed by atoms with van der Waals surface area (Å²) in [5, 5.41) is 18.8. The zero-order valence-electron chi connectivity index (χ0n) is 80.1. The molecule has 0 saturated heterocycles. The molecule has 0 saturated carbocycles. The third kappa shape index (κ3) is 34.6. The number of ether oxygens (including phenoxy) is 1. The Kier molecular flexibility index (Phi) is 51.7. The molecule has 8 aromatic heterocycles. The SMILES string of the molecule is C.C.CCCCc1nc2c(N)nc3ccccc3c2n1CCCCCC(=O)CCCCCC(=O)O.CCCCc1nc2c(N)nc3ccccc3c2n1CCCCCC(=O)CCCCCC(=O)Oc1c(F)c(F)cc(F)c1F.CCCCc1nc2c(N)nc3ccccc3c2n1CCCCN.CCCCc1nc2c(N)nc3ccccc3c2n1CCCCNC(=O)CCCCCC(=O)NCC.[I][V][I]. The van der Waals surface area contributed by atoms with Crippen molar-refractivity contribution in [2.75, 3.05) is 42.6 Å². The van der Waals surface area contributed by atoms with Crippen molar-refractivity contribution in [3.05, 3.63) is 150 Å². The Hall–Kier alpha value is -10.2. The maximum atomic E-state index is 13.6. The Morgan fingerprint density at radius 1 is 0.374 bits per heavy atom. The van der Waals surface area contributed by atoms with Gasteiger partial charge in [0.2, 0.25) is 29.2 Å². The van der Waals surface area contributed by atoms with Crippen molar-refractivity contribution in [1.82, 2.24) is 68.8 Å². The van der Waals surface area contributed by atoms with E-state index in [-0.39, 0.29) is 57.1 Å². The number of fused-ring (bicyclic) bond motifs is 12. The number of imidazole rings is 4. The molecular formula is C105H145F4I2N19O8V. The number of nitrogens with zero attached hydrogens (tertiary/aromatic N) is 12. The number of nitrogens with one attached hydrogen (secondary N) is 2. The van der Waals surface area contributed by atoms with Crippen LogP contribution in [0.2, 0.25) is 0 Å². The second-order valence-corrected chi connectivity index (χ2v) is 46.4. The van der Waals surface area contributed by atoms with Crippen molar-refractivity contribution in [2.24, 2.45) is 5.73 Å². The van der Waals surface area contributed by atoms with E-state index in [0.717, 1.165) is 317 Å². The molecule has 139 heavy (non-hydrogen) atoms. The average molecular weight is 2180 g/mol. The number of ketones is 2. The molecule has 755 valence electrons. The number of benzene rings is 5. The van der Waals surface area contributed by atoms with Crippen molar-refractivity contribution >= 4 is 186 Å². The molecular weight excluding hydrogens is 2040 g/mol. The van der Waals surface area contributed by atoms with E-state index in [0.29, 0.717) is 110 Å². The summed E-state index contributed by atoms with van der Waals surface area (Å²) in [6.07, 6.45) is 30.8. The van der Waals surface area contributed by atoms with Gasteiger partial charge in [-0.2, -0.15) is 8.78 Å². The first-order chi connectivity index (χ1) is 66.4. The van der Waals surface area contributed by atoms with Gasteiger partial charge in [0.25, 0.3) is 0 Å². The summed E-state index contributed by atoms with van der Waals surface area (Å²) in [5.74, 6) is -3.24. The number of carbonyl (C=O) groups excluding carboxylic acids is 5. The molecule has 0 aliphatic heterocycles. The molecule has 27 nitrogen and oxygen atoms in total. The first-order valence-corrected chi connectivity index (χ1v) is 58.0. The van der Waals surface area contributed by atoms with E-state index in [4.69, 9.17) is 53.7 Å². The van der Waals surface area contributed by atoms with Crippen molar-refractivity contribution in [3.63, 3.8) is 0 Å². The number of para-hydroxylation sites is 4. The van der Waals surface area contributed by atoms with Gasteiger partial charge in [0.05, 0.1) is 44.1 Å². The molecule has 13 rings (SSSR count). The van der Waals surface area contributed by atoms with Crippen LogP contribution >= 0.6 is 40.0 Å². The van der Waals surface area contributed by atoms with E-state index >= 15 is 0 Å². The van der Waals surface area contributed by atoms with Crippen LogP contribution in [0.4, 0.5) is 40.8 Å². The Bertz CT molecular complexity index is 6090. The summed E-state index contributed by atoms with van der Waals surface area (Å²) < 4.78 is 67.5. The number of nitrogen functional groups attached to an aromatic ring is 4. The molecule has 34 heteroatoms. The van der Waals surface area contributed by atoms with Gasteiger partial charge in [-0.25, -0.2) is 48.7 Å². The summed E-state index contributed by atoms with van der Waals surface area (Å²) in [7, 11) is 0.628. The van der Waals surface area contributed by atoms with Gasteiger partial charge in [-0.3, -0.25) is 28.8 Å². The summed E-state index contributed by atoms with van der Waals surface area (Å²) in [4.78, 5) is 108. The molecule has 0 unspecified atom stereocenters. The predicted octanol–water partition coefficient (Wildman–Crippen LogP) is 24.2. The normalized spacial score (nSPS) is 11.1. The molecule has 0 aliphatic carbocycles. The number of pyridine rings is 4. The van der Waals surface area contributed by atoms with Gasteiger partial charge >= 0.3 is 61.4 Å². The molecule has 0 bridgehead atoms. The minimum absolute atomic E-state index is 0. The number of carboxylic acids is 1. The third-order valence-electron chi connectivity index (χ3n) is 24.1. The first kappa shape index (κ1) is 116. The molecule has 0 spiro atoms. The molecule has 13 N–H and O–H groups in total. The molecule has 8 heterocycles. The van der Waals surface area contributed by atoms with E-state index in [1.165, 1.54) is 0 Å². The number of hydrogen-bond acceptors (Lipinski definition) is 20. The van der Waals surface area contributed by atoms with E-state index in [9.17, 15) is 46.3 Å². The van der Waals surface area contributed by atoms with Crippen LogP contribution in [0.1, 0.15) is 297 Å². The van der Waals surface area contributed by atoms with Crippen LogP contribution in [0.15, 0.2) is 103 Å². The fraction of sp³-hybridized carbons (Fsp3) is 0.505. The molecule has 0 radical (unpaired) electrons. The number of rotatable bonds is 53. The summed E-state index contributed by atoms with van der Waals surface area (Å²) in [6.45, 7) is 16.1. The second-order valence-electron chi connectivity index (χ2n) is 34.6. The van der Waals surface area contributed by atoms with Gasteiger partial charge in [0, 0.05) is 144 Å². The number of carboxylic acid groups (broad SMARTS) is 1. The van der Waals surface area contributed by atoms with Gasteiger partial charge in [0.1, 0.15) is 56.9 Å². The molecule has 0 fully saturated rings. The van der Waals surface area contributed by atoms with Crippen LogP contribution in [0.5, 0.6) is 5.75 Å². The van der Waals surface area contributed by atoms with Gasteiger partial charge in [-0.15, -0.1) is 0 Å². The van der Waals surface area contributed by atoms with E-state index in [2.05, 4.69) is 139 Å². The topological polar surface area (TPSA) is 409 Å². The van der Waals surface area contributed by atoms with Crippen LogP contribution in [0.25, 0.3) is 87.7 Å². The second kappa shape index (κ2) is 62.1. The fourth-order valence-electron chi connectivity index (χ4n) is 17.0. The number of aliphatic carboxylic acids is 1. The molecule has 2 amide bonds. The predicted molar refractivity (Wildman–Crippen MR) is 569 cm³/mol. The van der Waals surface area contributed by atoms with Crippen LogP contribution in [0, 0.1) is 23.3 Å². The first-order valence-electron chi connectivity index (χ1n) is 49.0. The number of unbranched alkanes of at least 4 members (excludes halogenated alkanes) is 16. The zero-order valence-corrected chi connectivity index (χ0v) is 85.8. The number of anilines is 4. The maximum absolute atomic E-state index is 13.6. The molecule has 0 atom stereocenters. The van der Waals surface area contributed by atoms with Crippen molar-refractivity contribution in [3.8, 4) is 5.75 Å². The van der Waals surface area contributed by atoms with E-state index in [1.807, 2.05) is 85.8 Å². The van der Waals surface area contributed by atoms with Gasteiger partial charge in [-0.1, -0.05) is 173 Å². The fourth-order valence-corrected chi connectivity index (χ4v) is 17.0. The third-order valence-corrected chi connectivity index (χ3v) is 24.1. The number of aromatic nitrogens is 12. The number of Topliss-reactive ketones (excluding diaryl/α,β-unsaturated/α-hetero) is 2. The molecule has 5 aromatic carbocycles. The number of carbonyl (C=O) groups is 6. The summed E-state index contributed by atoms with van der Waals surface area (Å²) in [5.41, 5.74) is 41.6. The number of amides is 2. The number of esters is 1.